The molecule has 1 spiro atoms. The van der Waals surface area contributed by atoms with Gasteiger partial charge in [-0.05, 0) is 12.8 Å². The smallest absolute Gasteiger partial charge is 0.234 e. The molecule has 1 heterocycles. The van der Waals surface area contributed by atoms with E-state index < -0.39 is 0 Å². The van der Waals surface area contributed by atoms with E-state index in [1.54, 1.807) is 0 Å². The van der Waals surface area contributed by atoms with Gasteiger partial charge in [0.1, 0.15) is 5.78 Å². The average Bonchev–Trinajstić information content (AvgIpc) is 2.63. The van der Waals surface area contributed by atoms with Gasteiger partial charge < -0.3 is 5.32 Å². The lowest BCUT2D eigenvalue weighted by Crippen LogP contribution is -2.49. The average molecular weight is 248 g/mol. The number of hydrogen-bond donors (Lipinski definition) is 1. The molecule has 18 heavy (non-hydrogen) atoms. The second-order valence-electron chi connectivity index (χ2n) is 5.34. The highest BCUT2D eigenvalue weighted by Gasteiger charge is 2.45. The van der Waals surface area contributed by atoms with Crippen LogP contribution in [0.4, 0.5) is 0 Å². The Hall–Kier alpha value is -1.34. The van der Waals surface area contributed by atoms with Crippen LogP contribution in [-0.4, -0.2) is 41.8 Å². The van der Waals surface area contributed by atoms with Crippen molar-refractivity contribution in [3.8, 4) is 12.3 Å². The van der Waals surface area contributed by atoms with Crippen LogP contribution in [-0.2, 0) is 9.59 Å². The van der Waals surface area contributed by atoms with Crippen LogP contribution in [0.2, 0.25) is 0 Å². The largest absolute Gasteiger partial charge is 0.344 e. The number of amides is 1. The summed E-state index contributed by atoms with van der Waals surface area (Å²) >= 11 is 0. The number of likely N-dealkylation sites (tertiary alicyclic amines) is 1. The summed E-state index contributed by atoms with van der Waals surface area (Å²) in [5, 5.41) is 2.67. The first-order valence-electron chi connectivity index (χ1n) is 6.63. The van der Waals surface area contributed by atoms with E-state index in [0.29, 0.717) is 19.5 Å². The number of terminal acetylenes is 1. The molecule has 4 nitrogen and oxygen atoms in total. The lowest BCUT2D eigenvalue weighted by atomic mass is 9.79. The van der Waals surface area contributed by atoms with Gasteiger partial charge >= 0.3 is 0 Å². The molecule has 2 aliphatic rings. The summed E-state index contributed by atoms with van der Waals surface area (Å²) in [6, 6.07) is 0. The maximum atomic E-state index is 11.7. The molecule has 0 aromatic carbocycles. The van der Waals surface area contributed by atoms with Crippen molar-refractivity contribution in [2.45, 2.75) is 44.1 Å². The number of nitrogens with zero attached hydrogens (tertiary/aromatic N) is 1. The van der Waals surface area contributed by atoms with E-state index in [9.17, 15) is 9.59 Å². The number of carbonyl (C=O) groups excluding carboxylic acids is 2. The molecule has 1 N–H and O–H groups in total. The molecule has 2 rings (SSSR count). The highest BCUT2D eigenvalue weighted by Crippen LogP contribution is 2.40. The number of nitrogens with one attached hydrogen (secondary N) is 1. The molecule has 1 saturated carbocycles. The molecule has 4 heteroatoms. The molecule has 1 amide bonds. The van der Waals surface area contributed by atoms with Gasteiger partial charge in [-0.2, -0.15) is 0 Å². The third-order valence-corrected chi connectivity index (χ3v) is 4.07. The summed E-state index contributed by atoms with van der Waals surface area (Å²) in [5.41, 5.74) is -0.0389. The van der Waals surface area contributed by atoms with Gasteiger partial charge in [0.15, 0.2) is 0 Å². The standard InChI is InChI=1S/C14H20N2O2/c1-2-8-15-13(18)11-16-10-12(17)9-14(16)6-4-3-5-7-14/h1H,3-11H2,(H,15,18). The van der Waals surface area contributed by atoms with Crippen molar-refractivity contribution in [1.29, 1.82) is 0 Å². The minimum absolute atomic E-state index is 0.0389. The zero-order valence-electron chi connectivity index (χ0n) is 10.7. The monoisotopic (exact) mass is 248 g/mol. The first-order chi connectivity index (χ1) is 8.66. The summed E-state index contributed by atoms with van der Waals surface area (Å²) in [4.78, 5) is 25.5. The molecule has 1 aliphatic heterocycles. The van der Waals surface area contributed by atoms with Gasteiger partial charge in [-0.3, -0.25) is 14.5 Å². The second-order valence-corrected chi connectivity index (χ2v) is 5.34. The normalized spacial score (nSPS) is 22.9. The Labute approximate surface area is 108 Å². The molecule has 1 saturated heterocycles. The number of Topliss-reactive ketones (excluding diaryl/α,β-unsaturated/α-hetero) is 1. The molecule has 0 aromatic heterocycles. The minimum Gasteiger partial charge on any atom is -0.344 e. The van der Waals surface area contributed by atoms with Crippen LogP contribution in [0.1, 0.15) is 38.5 Å². The third kappa shape index (κ3) is 2.73. The second kappa shape index (κ2) is 5.53. The lowest BCUT2D eigenvalue weighted by Gasteiger charge is -2.40. The maximum absolute atomic E-state index is 11.7. The minimum atomic E-state index is -0.0763. The SMILES string of the molecule is C#CCNC(=O)CN1CC(=O)CC12CCCCC2. The van der Waals surface area contributed by atoms with E-state index in [2.05, 4.69) is 16.1 Å². The topological polar surface area (TPSA) is 49.4 Å². The summed E-state index contributed by atoms with van der Waals surface area (Å²) in [5.74, 6) is 2.58. The highest BCUT2D eigenvalue weighted by atomic mass is 16.2. The highest BCUT2D eigenvalue weighted by molar-refractivity contribution is 5.86. The molecular weight excluding hydrogens is 228 g/mol. The van der Waals surface area contributed by atoms with Crippen molar-refractivity contribution in [3.63, 3.8) is 0 Å². The Morgan fingerprint density at radius 3 is 2.78 bits per heavy atom. The lowest BCUT2D eigenvalue weighted by molar-refractivity contribution is -0.123. The van der Waals surface area contributed by atoms with Crippen molar-refractivity contribution in [2.75, 3.05) is 19.6 Å². The van der Waals surface area contributed by atoms with Gasteiger partial charge in [0, 0.05) is 12.0 Å². The van der Waals surface area contributed by atoms with Crippen LogP contribution in [0.15, 0.2) is 0 Å². The van der Waals surface area contributed by atoms with E-state index in [-0.39, 0.29) is 23.8 Å². The van der Waals surface area contributed by atoms with Crippen LogP contribution in [0.3, 0.4) is 0 Å². The molecule has 0 aromatic rings. The van der Waals surface area contributed by atoms with Crippen molar-refractivity contribution in [2.24, 2.45) is 0 Å². The van der Waals surface area contributed by atoms with Crippen LogP contribution >= 0.6 is 0 Å². The van der Waals surface area contributed by atoms with E-state index in [1.807, 2.05) is 0 Å². The van der Waals surface area contributed by atoms with Crippen molar-refractivity contribution in [1.82, 2.24) is 10.2 Å². The molecule has 2 fully saturated rings. The van der Waals surface area contributed by atoms with Gasteiger partial charge in [0.05, 0.1) is 19.6 Å². The molecular formula is C14H20N2O2. The van der Waals surface area contributed by atoms with Crippen LogP contribution < -0.4 is 5.32 Å². The zero-order chi connectivity index (χ0) is 13.0. The molecule has 0 radical (unpaired) electrons. The van der Waals surface area contributed by atoms with Crippen LogP contribution in [0, 0.1) is 12.3 Å². The third-order valence-electron chi connectivity index (χ3n) is 4.07. The first kappa shape index (κ1) is 13.1. The van der Waals surface area contributed by atoms with Crippen molar-refractivity contribution >= 4 is 11.7 Å². The summed E-state index contributed by atoms with van der Waals surface area (Å²) < 4.78 is 0. The van der Waals surface area contributed by atoms with Gasteiger partial charge in [-0.25, -0.2) is 0 Å². The van der Waals surface area contributed by atoms with E-state index in [1.165, 1.54) is 6.42 Å². The fourth-order valence-corrected chi connectivity index (χ4v) is 3.22. The zero-order valence-corrected chi connectivity index (χ0v) is 10.7. The van der Waals surface area contributed by atoms with Gasteiger partial charge in [0.25, 0.3) is 0 Å². The van der Waals surface area contributed by atoms with E-state index in [4.69, 9.17) is 6.42 Å². The Bertz CT molecular complexity index is 378. The molecule has 1 aliphatic carbocycles. The number of rotatable bonds is 3. The van der Waals surface area contributed by atoms with E-state index in [0.717, 1.165) is 25.7 Å². The Morgan fingerprint density at radius 1 is 1.39 bits per heavy atom. The summed E-state index contributed by atoms with van der Waals surface area (Å²) in [6.07, 6.45) is 11.4. The summed E-state index contributed by atoms with van der Waals surface area (Å²) in [7, 11) is 0. The predicted octanol–water partition coefficient (Wildman–Crippen LogP) is 0.713. The quantitative estimate of drug-likeness (QED) is 0.748. The number of ketones is 1. The molecule has 0 bridgehead atoms. The fraction of sp³-hybridized carbons (Fsp3) is 0.714. The first-order valence-corrected chi connectivity index (χ1v) is 6.63. The van der Waals surface area contributed by atoms with Gasteiger partial charge in [0.2, 0.25) is 5.91 Å². The van der Waals surface area contributed by atoms with Gasteiger partial charge in [-0.15, -0.1) is 6.42 Å². The Balaban J connectivity index is 1.99. The fourth-order valence-electron chi connectivity index (χ4n) is 3.22. The maximum Gasteiger partial charge on any atom is 0.234 e. The van der Waals surface area contributed by atoms with E-state index >= 15 is 0 Å². The number of carbonyl (C=O) groups is 2. The molecule has 0 unspecified atom stereocenters. The van der Waals surface area contributed by atoms with Crippen LogP contribution in [0.25, 0.3) is 0 Å². The number of hydrogen-bond acceptors (Lipinski definition) is 3. The Morgan fingerprint density at radius 2 is 2.11 bits per heavy atom. The van der Waals surface area contributed by atoms with Crippen molar-refractivity contribution in [3.05, 3.63) is 0 Å². The van der Waals surface area contributed by atoms with Gasteiger partial charge in [-0.1, -0.05) is 25.2 Å². The summed E-state index contributed by atoms with van der Waals surface area (Å²) in [6.45, 7) is 0.977. The predicted molar refractivity (Wildman–Crippen MR) is 68.9 cm³/mol. The van der Waals surface area contributed by atoms with Crippen LogP contribution in [0.5, 0.6) is 0 Å². The molecule has 98 valence electrons. The van der Waals surface area contributed by atoms with Crippen molar-refractivity contribution < 1.29 is 9.59 Å². The Kier molecular flexibility index (Phi) is 4.03. The molecule has 0 atom stereocenters.